The molecule has 0 N–H and O–H groups in total. The Labute approximate surface area is 133 Å². The summed E-state index contributed by atoms with van der Waals surface area (Å²) in [7, 11) is -4.00. The molecule has 1 heterocycles. The van der Waals surface area contributed by atoms with E-state index in [4.69, 9.17) is 43.7 Å². The lowest BCUT2D eigenvalue weighted by Crippen LogP contribution is -2.45. The molecule has 20 heavy (non-hydrogen) atoms. The maximum absolute atomic E-state index is 12.1. The molecule has 0 spiro atoms. The molecule has 1 aromatic carbocycles. The third kappa shape index (κ3) is 3.78. The van der Waals surface area contributed by atoms with Gasteiger partial charge in [-0.2, -0.15) is 8.42 Å². The van der Waals surface area contributed by atoms with Gasteiger partial charge < -0.3 is 4.74 Å². The zero-order valence-corrected chi connectivity index (χ0v) is 13.6. The van der Waals surface area contributed by atoms with Crippen molar-refractivity contribution in [3.63, 3.8) is 0 Å². The Kier molecular flexibility index (Phi) is 4.89. The van der Waals surface area contributed by atoms with Crippen molar-refractivity contribution in [2.45, 2.75) is 34.2 Å². The standard InChI is InChI=1S/C12H13Cl3O4S/c1-8-2-4-10(5-3-8)20(16,17)19-11-12(14,15)6-9(13)7-18-11/h2-5,9,11H,6-7H2,1H3. The lowest BCUT2D eigenvalue weighted by molar-refractivity contribution is -0.107. The summed E-state index contributed by atoms with van der Waals surface area (Å²) >= 11 is 17.9. The second kappa shape index (κ2) is 5.99. The van der Waals surface area contributed by atoms with Crippen LogP contribution in [0.3, 0.4) is 0 Å². The van der Waals surface area contributed by atoms with E-state index in [1.54, 1.807) is 12.1 Å². The lowest BCUT2D eigenvalue weighted by atomic mass is 10.2. The Morgan fingerprint density at radius 3 is 2.45 bits per heavy atom. The first-order valence-corrected chi connectivity index (χ1v) is 8.44. The van der Waals surface area contributed by atoms with Crippen LogP contribution in [0.2, 0.25) is 0 Å². The van der Waals surface area contributed by atoms with Crippen LogP contribution in [-0.4, -0.2) is 31.0 Å². The zero-order chi connectivity index (χ0) is 15.0. The number of ether oxygens (including phenoxy) is 1. The first kappa shape index (κ1) is 16.3. The molecule has 1 aliphatic rings. The number of alkyl halides is 3. The fourth-order valence-corrected chi connectivity index (χ4v) is 3.94. The quantitative estimate of drug-likeness (QED) is 0.614. The van der Waals surface area contributed by atoms with Gasteiger partial charge in [0.05, 0.1) is 16.9 Å². The minimum Gasteiger partial charge on any atom is -0.347 e. The van der Waals surface area contributed by atoms with Crippen LogP contribution >= 0.6 is 34.8 Å². The second-order valence-corrected chi connectivity index (χ2v) is 8.32. The van der Waals surface area contributed by atoms with Crippen LogP contribution in [-0.2, 0) is 19.0 Å². The summed E-state index contributed by atoms with van der Waals surface area (Å²) in [4.78, 5) is 0.0174. The fraction of sp³-hybridized carbons (Fsp3) is 0.500. The van der Waals surface area contributed by atoms with Gasteiger partial charge in [0.15, 0.2) is 4.33 Å². The highest BCUT2D eigenvalue weighted by molar-refractivity contribution is 7.86. The Hall–Kier alpha value is -0.0400. The zero-order valence-electron chi connectivity index (χ0n) is 10.6. The Morgan fingerprint density at radius 1 is 1.30 bits per heavy atom. The van der Waals surface area contributed by atoms with Gasteiger partial charge in [0.1, 0.15) is 0 Å². The van der Waals surface area contributed by atoms with E-state index in [1.807, 2.05) is 6.92 Å². The van der Waals surface area contributed by atoms with Crippen LogP contribution in [0.25, 0.3) is 0 Å². The molecule has 0 radical (unpaired) electrons. The average molecular weight is 360 g/mol. The van der Waals surface area contributed by atoms with E-state index in [0.717, 1.165) is 5.56 Å². The van der Waals surface area contributed by atoms with Crippen LogP contribution in [0.15, 0.2) is 29.2 Å². The largest absolute Gasteiger partial charge is 0.347 e. The minimum atomic E-state index is -4.00. The molecule has 8 heteroatoms. The van der Waals surface area contributed by atoms with E-state index in [1.165, 1.54) is 12.1 Å². The van der Waals surface area contributed by atoms with E-state index in [0.29, 0.717) is 0 Å². The van der Waals surface area contributed by atoms with Gasteiger partial charge in [0.2, 0.25) is 6.29 Å². The third-order valence-corrected chi connectivity index (χ3v) is 5.01. The predicted octanol–water partition coefficient (Wildman–Crippen LogP) is 3.23. The molecule has 4 nitrogen and oxygen atoms in total. The first-order chi connectivity index (χ1) is 9.21. The van der Waals surface area contributed by atoms with Crippen molar-refractivity contribution in [3.05, 3.63) is 29.8 Å². The number of benzene rings is 1. The number of hydrogen-bond donors (Lipinski definition) is 0. The van der Waals surface area contributed by atoms with E-state index in [9.17, 15) is 8.42 Å². The lowest BCUT2D eigenvalue weighted by Gasteiger charge is -2.35. The van der Waals surface area contributed by atoms with Crippen molar-refractivity contribution in [2.75, 3.05) is 6.61 Å². The highest BCUT2D eigenvalue weighted by atomic mass is 35.5. The van der Waals surface area contributed by atoms with E-state index in [2.05, 4.69) is 0 Å². The summed E-state index contributed by atoms with van der Waals surface area (Å²) in [6.45, 7) is 1.97. The average Bonchev–Trinajstić information content (AvgIpc) is 2.33. The number of halogens is 3. The molecule has 2 unspecified atom stereocenters. The van der Waals surface area contributed by atoms with E-state index < -0.39 is 20.7 Å². The van der Waals surface area contributed by atoms with Crippen LogP contribution in [0, 0.1) is 6.92 Å². The summed E-state index contributed by atoms with van der Waals surface area (Å²) in [6.07, 6.45) is -1.11. The van der Waals surface area contributed by atoms with Crippen LogP contribution < -0.4 is 0 Å². The molecule has 0 bridgehead atoms. The SMILES string of the molecule is Cc1ccc(S(=O)(=O)OC2OCC(Cl)CC2(Cl)Cl)cc1. The Morgan fingerprint density at radius 2 is 1.90 bits per heavy atom. The van der Waals surface area contributed by atoms with Gasteiger partial charge in [0, 0.05) is 6.42 Å². The van der Waals surface area contributed by atoms with Crippen molar-refractivity contribution in [1.82, 2.24) is 0 Å². The smallest absolute Gasteiger partial charge is 0.299 e. The number of hydrogen-bond acceptors (Lipinski definition) is 4. The summed E-state index contributed by atoms with van der Waals surface area (Å²) in [5, 5.41) is -0.382. The third-order valence-electron chi connectivity index (χ3n) is 2.79. The maximum Gasteiger partial charge on any atom is 0.299 e. The molecule has 1 saturated heterocycles. The monoisotopic (exact) mass is 358 g/mol. The maximum atomic E-state index is 12.1. The van der Waals surface area contributed by atoms with Crippen molar-refractivity contribution in [1.29, 1.82) is 0 Å². The Balaban J connectivity index is 2.18. The van der Waals surface area contributed by atoms with Crippen LogP contribution in [0.4, 0.5) is 0 Å². The van der Waals surface area contributed by atoms with Gasteiger partial charge in [-0.15, -0.1) is 11.6 Å². The van der Waals surface area contributed by atoms with Crippen molar-refractivity contribution >= 4 is 44.9 Å². The first-order valence-electron chi connectivity index (χ1n) is 5.84. The van der Waals surface area contributed by atoms with E-state index >= 15 is 0 Å². The van der Waals surface area contributed by atoms with Gasteiger partial charge in [-0.3, -0.25) is 0 Å². The molecule has 112 valence electrons. The minimum absolute atomic E-state index is 0.0174. The molecule has 1 aliphatic heterocycles. The predicted molar refractivity (Wildman–Crippen MR) is 77.9 cm³/mol. The van der Waals surface area contributed by atoms with Gasteiger partial charge >= 0.3 is 0 Å². The Bertz CT molecular complexity index is 571. The van der Waals surface area contributed by atoms with Gasteiger partial charge in [-0.05, 0) is 19.1 Å². The number of aryl methyl sites for hydroxylation is 1. The number of rotatable bonds is 3. The van der Waals surface area contributed by atoms with Crippen LogP contribution in [0.1, 0.15) is 12.0 Å². The molecular formula is C12H13Cl3O4S. The second-order valence-electron chi connectivity index (χ2n) is 4.59. The van der Waals surface area contributed by atoms with Crippen molar-refractivity contribution in [3.8, 4) is 0 Å². The van der Waals surface area contributed by atoms with Crippen molar-refractivity contribution < 1.29 is 17.3 Å². The molecule has 1 fully saturated rings. The van der Waals surface area contributed by atoms with Gasteiger partial charge in [-0.1, -0.05) is 40.9 Å². The van der Waals surface area contributed by atoms with Crippen LogP contribution in [0.5, 0.6) is 0 Å². The summed E-state index contributed by atoms with van der Waals surface area (Å²) in [5.41, 5.74) is 0.937. The summed E-state index contributed by atoms with van der Waals surface area (Å²) in [6, 6.07) is 6.23. The highest BCUT2D eigenvalue weighted by Gasteiger charge is 2.45. The van der Waals surface area contributed by atoms with Crippen molar-refractivity contribution in [2.24, 2.45) is 0 Å². The molecular weight excluding hydrogens is 347 g/mol. The molecule has 2 rings (SSSR count). The molecule has 0 saturated carbocycles. The molecule has 0 aliphatic carbocycles. The summed E-state index contributed by atoms with van der Waals surface area (Å²) in [5.74, 6) is 0. The molecule has 0 amide bonds. The van der Waals surface area contributed by atoms with Gasteiger partial charge in [0.25, 0.3) is 10.1 Å². The topological polar surface area (TPSA) is 52.6 Å². The molecule has 0 aromatic heterocycles. The highest BCUT2D eigenvalue weighted by Crippen LogP contribution is 2.39. The van der Waals surface area contributed by atoms with E-state index in [-0.39, 0.29) is 23.3 Å². The fourth-order valence-electron chi connectivity index (χ4n) is 1.74. The van der Waals surface area contributed by atoms with Gasteiger partial charge in [-0.25, -0.2) is 4.18 Å². The summed E-state index contributed by atoms with van der Waals surface area (Å²) < 4.78 is 32.9. The normalized spacial score (nSPS) is 26.4. The molecule has 1 aromatic rings. The molecule has 2 atom stereocenters.